The zero-order valence-corrected chi connectivity index (χ0v) is 11.1. The predicted molar refractivity (Wildman–Crippen MR) is 63.9 cm³/mol. The van der Waals surface area contributed by atoms with Gasteiger partial charge in [0.05, 0.1) is 16.5 Å². The van der Waals surface area contributed by atoms with E-state index in [1.54, 1.807) is 0 Å². The van der Waals surface area contributed by atoms with Crippen LogP contribution in [-0.2, 0) is 14.8 Å². The fourth-order valence-electron chi connectivity index (χ4n) is 1.09. The van der Waals surface area contributed by atoms with Gasteiger partial charge in [0.1, 0.15) is 4.90 Å². The summed E-state index contributed by atoms with van der Waals surface area (Å²) in [6.45, 7) is -0.321. The molecule has 1 aromatic rings. The van der Waals surface area contributed by atoms with Crippen molar-refractivity contribution in [2.24, 2.45) is 0 Å². The first-order chi connectivity index (χ1) is 8.25. The van der Waals surface area contributed by atoms with Crippen molar-refractivity contribution in [1.82, 2.24) is 4.72 Å². The van der Waals surface area contributed by atoms with E-state index >= 15 is 0 Å². The summed E-state index contributed by atoms with van der Waals surface area (Å²) in [6.07, 6.45) is -0.396. The van der Waals surface area contributed by atoms with E-state index < -0.39 is 38.1 Å². The van der Waals surface area contributed by atoms with Crippen LogP contribution in [0.25, 0.3) is 0 Å². The number of carbonyl (C=O) groups is 1. The number of carboxylic acid groups (broad SMARTS) is 1. The first-order valence-corrected chi connectivity index (χ1v) is 6.84. The average Bonchev–Trinajstić information content (AvgIpc) is 2.24. The molecule has 9 heteroatoms. The molecule has 100 valence electrons. The lowest BCUT2D eigenvalue weighted by Crippen LogP contribution is -2.26. The van der Waals surface area contributed by atoms with E-state index in [0.717, 1.165) is 12.1 Å². The van der Waals surface area contributed by atoms with Crippen LogP contribution in [0, 0.1) is 5.82 Å². The summed E-state index contributed by atoms with van der Waals surface area (Å²) in [4.78, 5) is 9.76. The second-order valence-corrected chi connectivity index (χ2v) is 5.74. The van der Waals surface area contributed by atoms with Crippen LogP contribution in [-0.4, -0.2) is 26.0 Å². The highest BCUT2D eigenvalue weighted by atomic mass is 35.5. The molecule has 0 aliphatic heterocycles. The number of rotatable bonds is 5. The fraction of sp³-hybridized carbons (Fsp3) is 0.222. The second kappa shape index (κ2) is 5.83. The largest absolute Gasteiger partial charge is 0.481 e. The Labute approximate surface area is 113 Å². The number of hydrogen-bond donors (Lipinski definition) is 2. The van der Waals surface area contributed by atoms with E-state index in [1.807, 2.05) is 4.72 Å². The minimum absolute atomic E-state index is 0.301. The number of aliphatic carboxylic acids is 1. The molecular weight excluding hydrogens is 308 g/mol. The molecule has 1 rings (SSSR count). The third-order valence-corrected chi connectivity index (χ3v) is 4.20. The monoisotopic (exact) mass is 315 g/mol. The van der Waals surface area contributed by atoms with Gasteiger partial charge in [0.2, 0.25) is 10.0 Å². The zero-order chi connectivity index (χ0) is 13.9. The molecule has 0 fully saturated rings. The maximum Gasteiger partial charge on any atom is 0.304 e. The summed E-state index contributed by atoms with van der Waals surface area (Å²) in [5.41, 5.74) is 0. The van der Waals surface area contributed by atoms with E-state index in [2.05, 4.69) is 0 Å². The molecule has 0 unspecified atom stereocenters. The first-order valence-electron chi connectivity index (χ1n) is 4.60. The van der Waals surface area contributed by atoms with Gasteiger partial charge >= 0.3 is 5.97 Å². The van der Waals surface area contributed by atoms with Crippen LogP contribution in [0.2, 0.25) is 10.0 Å². The number of halogens is 3. The number of nitrogens with one attached hydrogen (secondary N) is 1. The Balaban J connectivity index is 2.99. The van der Waals surface area contributed by atoms with Crippen LogP contribution in [0.1, 0.15) is 6.42 Å². The molecule has 0 bridgehead atoms. The van der Waals surface area contributed by atoms with Crippen LogP contribution < -0.4 is 4.72 Å². The summed E-state index contributed by atoms with van der Waals surface area (Å²) in [6, 6.07) is 2.09. The van der Waals surface area contributed by atoms with E-state index in [4.69, 9.17) is 28.3 Å². The fourth-order valence-corrected chi connectivity index (χ4v) is 2.86. The SMILES string of the molecule is O=C(O)CCNS(=O)(=O)c1ccc(Cl)c(F)c1Cl. The highest BCUT2D eigenvalue weighted by Gasteiger charge is 2.21. The van der Waals surface area contributed by atoms with Crippen LogP contribution in [0.4, 0.5) is 4.39 Å². The number of hydrogen-bond acceptors (Lipinski definition) is 3. The van der Waals surface area contributed by atoms with Gasteiger partial charge in [0, 0.05) is 6.54 Å². The smallest absolute Gasteiger partial charge is 0.304 e. The third kappa shape index (κ3) is 3.55. The Morgan fingerprint density at radius 1 is 1.39 bits per heavy atom. The van der Waals surface area contributed by atoms with E-state index in [1.165, 1.54) is 0 Å². The van der Waals surface area contributed by atoms with Gasteiger partial charge in [-0.15, -0.1) is 0 Å². The first kappa shape index (κ1) is 15.2. The van der Waals surface area contributed by atoms with Gasteiger partial charge in [0.15, 0.2) is 5.82 Å². The standard InChI is InChI=1S/C9H8Cl2FNO4S/c10-5-1-2-6(8(11)9(5)12)18(16,17)13-4-3-7(14)15/h1-2,13H,3-4H2,(H,14,15). The molecule has 0 aliphatic carbocycles. The van der Waals surface area contributed by atoms with Crippen LogP contribution in [0.3, 0.4) is 0 Å². The van der Waals surface area contributed by atoms with E-state index in [0.29, 0.717) is 0 Å². The lowest BCUT2D eigenvalue weighted by Gasteiger charge is -2.08. The lowest BCUT2D eigenvalue weighted by molar-refractivity contribution is -0.136. The number of benzene rings is 1. The summed E-state index contributed by atoms with van der Waals surface area (Å²) in [5.74, 6) is -2.20. The van der Waals surface area contributed by atoms with E-state index in [9.17, 15) is 17.6 Å². The Hall–Kier alpha value is -0.890. The highest BCUT2D eigenvalue weighted by molar-refractivity contribution is 7.89. The molecule has 0 radical (unpaired) electrons. The van der Waals surface area contributed by atoms with Crippen molar-refractivity contribution in [1.29, 1.82) is 0 Å². The van der Waals surface area contributed by atoms with Crippen molar-refractivity contribution >= 4 is 39.2 Å². The van der Waals surface area contributed by atoms with Crippen molar-refractivity contribution < 1.29 is 22.7 Å². The number of sulfonamides is 1. The highest BCUT2D eigenvalue weighted by Crippen LogP contribution is 2.29. The summed E-state index contributed by atoms with van der Waals surface area (Å²) >= 11 is 11.0. The van der Waals surface area contributed by atoms with Gasteiger partial charge in [-0.3, -0.25) is 4.79 Å². The van der Waals surface area contributed by atoms with Gasteiger partial charge in [-0.1, -0.05) is 23.2 Å². The second-order valence-electron chi connectivity index (χ2n) is 3.21. The number of carboxylic acids is 1. The van der Waals surface area contributed by atoms with Crippen molar-refractivity contribution in [3.05, 3.63) is 28.0 Å². The van der Waals surface area contributed by atoms with Gasteiger partial charge in [0.25, 0.3) is 0 Å². The lowest BCUT2D eigenvalue weighted by atomic mass is 10.3. The molecule has 0 heterocycles. The van der Waals surface area contributed by atoms with Crippen LogP contribution in [0.15, 0.2) is 17.0 Å². The Morgan fingerprint density at radius 2 is 2.00 bits per heavy atom. The van der Waals surface area contributed by atoms with Crippen molar-refractivity contribution in [2.75, 3.05) is 6.54 Å². The molecule has 0 aliphatic rings. The normalized spacial score (nSPS) is 11.5. The molecule has 0 saturated carbocycles. The third-order valence-electron chi connectivity index (χ3n) is 1.92. The summed E-state index contributed by atoms with van der Waals surface area (Å²) in [5, 5.41) is 7.44. The molecule has 0 aromatic heterocycles. The molecule has 18 heavy (non-hydrogen) atoms. The van der Waals surface area contributed by atoms with Crippen molar-refractivity contribution in [3.63, 3.8) is 0 Å². The predicted octanol–water partition coefficient (Wildman–Crippen LogP) is 1.89. The Morgan fingerprint density at radius 3 is 2.56 bits per heavy atom. The summed E-state index contributed by atoms with van der Waals surface area (Å²) in [7, 11) is -4.07. The average molecular weight is 316 g/mol. The minimum Gasteiger partial charge on any atom is -0.481 e. The van der Waals surface area contributed by atoms with Gasteiger partial charge in [-0.25, -0.2) is 17.5 Å². The Kier molecular flexibility index (Phi) is 4.92. The van der Waals surface area contributed by atoms with Gasteiger partial charge in [-0.05, 0) is 12.1 Å². The molecule has 2 N–H and O–H groups in total. The maximum absolute atomic E-state index is 13.3. The minimum atomic E-state index is -4.07. The molecule has 5 nitrogen and oxygen atoms in total. The molecule has 1 aromatic carbocycles. The molecule has 0 spiro atoms. The molecule has 0 saturated heterocycles. The molecule has 0 atom stereocenters. The van der Waals surface area contributed by atoms with Crippen molar-refractivity contribution in [3.8, 4) is 0 Å². The van der Waals surface area contributed by atoms with Gasteiger partial charge < -0.3 is 5.11 Å². The quantitative estimate of drug-likeness (QED) is 0.813. The van der Waals surface area contributed by atoms with Gasteiger partial charge in [-0.2, -0.15) is 0 Å². The van der Waals surface area contributed by atoms with Crippen molar-refractivity contribution in [2.45, 2.75) is 11.3 Å². The Bertz CT molecular complexity index is 576. The van der Waals surface area contributed by atoms with E-state index in [-0.39, 0.29) is 11.6 Å². The van der Waals surface area contributed by atoms with Crippen LogP contribution in [0.5, 0.6) is 0 Å². The molecular formula is C9H8Cl2FNO4S. The topological polar surface area (TPSA) is 83.5 Å². The molecule has 0 amide bonds. The van der Waals surface area contributed by atoms with Crippen LogP contribution >= 0.6 is 23.2 Å². The zero-order valence-electron chi connectivity index (χ0n) is 8.78. The maximum atomic E-state index is 13.3. The summed E-state index contributed by atoms with van der Waals surface area (Å²) < 4.78 is 38.7.